The predicted molar refractivity (Wildman–Crippen MR) is 102 cm³/mol. The van der Waals surface area contributed by atoms with Gasteiger partial charge < -0.3 is 10.6 Å². The lowest BCUT2D eigenvalue weighted by atomic mass is 10.0. The van der Waals surface area contributed by atoms with E-state index >= 15 is 0 Å². The molecule has 0 unspecified atom stereocenters. The van der Waals surface area contributed by atoms with Crippen molar-refractivity contribution < 1.29 is 13.2 Å². The van der Waals surface area contributed by atoms with Crippen molar-refractivity contribution in [2.24, 2.45) is 5.73 Å². The number of piperidine rings is 1. The summed E-state index contributed by atoms with van der Waals surface area (Å²) in [5.41, 5.74) is 6.82. The van der Waals surface area contributed by atoms with Crippen LogP contribution in [0.25, 0.3) is 0 Å². The van der Waals surface area contributed by atoms with Crippen molar-refractivity contribution in [1.29, 1.82) is 0 Å². The van der Waals surface area contributed by atoms with Gasteiger partial charge in [-0.3, -0.25) is 9.10 Å². The minimum atomic E-state index is -3.74. The second kappa shape index (κ2) is 7.47. The Morgan fingerprint density at radius 3 is 2.38 bits per heavy atom. The van der Waals surface area contributed by atoms with Gasteiger partial charge in [-0.2, -0.15) is 0 Å². The molecule has 0 aliphatic carbocycles. The van der Waals surface area contributed by atoms with E-state index in [4.69, 9.17) is 5.73 Å². The second-order valence-corrected chi connectivity index (χ2v) is 8.43. The van der Waals surface area contributed by atoms with Crippen LogP contribution in [0.2, 0.25) is 0 Å². The zero-order chi connectivity index (χ0) is 18.7. The van der Waals surface area contributed by atoms with Gasteiger partial charge in [0.25, 0.3) is 15.9 Å². The van der Waals surface area contributed by atoms with Crippen LogP contribution in [0, 0.1) is 0 Å². The van der Waals surface area contributed by atoms with Crippen molar-refractivity contribution >= 4 is 21.6 Å². The zero-order valence-corrected chi connectivity index (χ0v) is 15.5. The first-order valence-corrected chi connectivity index (χ1v) is 10.0. The van der Waals surface area contributed by atoms with E-state index < -0.39 is 10.0 Å². The number of rotatable bonds is 4. The number of para-hydroxylation sites is 1. The molecular weight excluding hydrogens is 350 g/mol. The average molecular weight is 373 g/mol. The molecule has 0 saturated carbocycles. The van der Waals surface area contributed by atoms with Gasteiger partial charge in [0.1, 0.15) is 0 Å². The summed E-state index contributed by atoms with van der Waals surface area (Å²) >= 11 is 0. The Morgan fingerprint density at radius 1 is 1.08 bits per heavy atom. The molecule has 1 amide bonds. The summed E-state index contributed by atoms with van der Waals surface area (Å²) in [6.45, 7) is 1.20. The Kier molecular flexibility index (Phi) is 5.29. The number of amides is 1. The molecule has 2 aromatic carbocycles. The van der Waals surface area contributed by atoms with Crippen LogP contribution in [-0.2, 0) is 10.0 Å². The number of sulfonamides is 1. The summed E-state index contributed by atoms with van der Waals surface area (Å²) in [4.78, 5) is 14.5. The van der Waals surface area contributed by atoms with Gasteiger partial charge in [0.2, 0.25) is 0 Å². The van der Waals surface area contributed by atoms with Gasteiger partial charge in [-0.1, -0.05) is 24.3 Å². The average Bonchev–Trinajstić information content (AvgIpc) is 2.68. The van der Waals surface area contributed by atoms with Crippen LogP contribution in [0.4, 0.5) is 5.69 Å². The maximum absolute atomic E-state index is 12.9. The highest BCUT2D eigenvalue weighted by Crippen LogP contribution is 2.23. The molecule has 0 spiro atoms. The summed E-state index contributed by atoms with van der Waals surface area (Å²) in [5, 5.41) is 0. The van der Waals surface area contributed by atoms with Crippen molar-refractivity contribution in [2.45, 2.75) is 23.8 Å². The Bertz CT molecular complexity index is 876. The van der Waals surface area contributed by atoms with E-state index in [0.717, 1.165) is 12.8 Å². The van der Waals surface area contributed by atoms with Gasteiger partial charge in [-0.25, -0.2) is 8.42 Å². The fourth-order valence-electron chi connectivity index (χ4n) is 3.01. The van der Waals surface area contributed by atoms with Gasteiger partial charge >= 0.3 is 0 Å². The molecule has 1 saturated heterocycles. The van der Waals surface area contributed by atoms with E-state index in [9.17, 15) is 13.2 Å². The lowest BCUT2D eigenvalue weighted by Crippen LogP contribution is -2.42. The third-order valence-corrected chi connectivity index (χ3v) is 6.47. The number of nitrogens with zero attached hydrogens (tertiary/aromatic N) is 2. The first kappa shape index (κ1) is 18.4. The van der Waals surface area contributed by atoms with E-state index in [0.29, 0.717) is 24.3 Å². The van der Waals surface area contributed by atoms with E-state index in [1.807, 2.05) is 6.07 Å². The molecule has 1 heterocycles. The predicted octanol–water partition coefficient (Wildman–Crippen LogP) is 2.08. The highest BCUT2D eigenvalue weighted by Gasteiger charge is 2.25. The number of nitrogens with two attached hydrogens (primary N) is 1. The van der Waals surface area contributed by atoms with Crippen molar-refractivity contribution in [3.05, 3.63) is 60.2 Å². The number of carbonyl (C=O) groups excluding carboxylic acids is 1. The lowest BCUT2D eigenvalue weighted by molar-refractivity contribution is 0.0714. The maximum Gasteiger partial charge on any atom is 0.264 e. The zero-order valence-electron chi connectivity index (χ0n) is 14.7. The fraction of sp³-hybridized carbons (Fsp3) is 0.316. The van der Waals surface area contributed by atoms with Crippen LogP contribution in [0.15, 0.2) is 59.5 Å². The highest BCUT2D eigenvalue weighted by atomic mass is 32.2. The van der Waals surface area contributed by atoms with Crippen molar-refractivity contribution in [3.8, 4) is 0 Å². The molecule has 2 N–H and O–H groups in total. The molecule has 1 fully saturated rings. The van der Waals surface area contributed by atoms with Crippen molar-refractivity contribution in [1.82, 2.24) is 4.90 Å². The molecule has 2 aromatic rings. The number of hydrogen-bond donors (Lipinski definition) is 1. The van der Waals surface area contributed by atoms with Gasteiger partial charge in [-0.15, -0.1) is 0 Å². The quantitative estimate of drug-likeness (QED) is 0.889. The first-order chi connectivity index (χ1) is 12.4. The Hall–Kier alpha value is -2.38. The molecule has 0 aromatic heterocycles. The van der Waals surface area contributed by atoms with Crippen molar-refractivity contribution in [3.63, 3.8) is 0 Å². The topological polar surface area (TPSA) is 83.7 Å². The number of benzene rings is 2. The molecular formula is C19H23N3O3S. The van der Waals surface area contributed by atoms with Crippen LogP contribution in [-0.4, -0.2) is 45.4 Å². The van der Waals surface area contributed by atoms with Gasteiger partial charge in [0.15, 0.2) is 0 Å². The molecule has 6 nitrogen and oxygen atoms in total. The Labute approximate surface area is 154 Å². The second-order valence-electron chi connectivity index (χ2n) is 6.47. The van der Waals surface area contributed by atoms with E-state index in [-0.39, 0.29) is 16.8 Å². The molecule has 138 valence electrons. The largest absolute Gasteiger partial charge is 0.339 e. The molecule has 0 bridgehead atoms. The lowest BCUT2D eigenvalue weighted by Gasteiger charge is -2.30. The SMILES string of the molecule is CN(c1ccccc1)S(=O)(=O)c1cccc(C(=O)N2CCC(N)CC2)c1. The van der Waals surface area contributed by atoms with Crippen molar-refractivity contribution in [2.75, 3.05) is 24.4 Å². The molecule has 0 radical (unpaired) electrons. The van der Waals surface area contributed by atoms with Crippen LogP contribution in [0.5, 0.6) is 0 Å². The van der Waals surface area contributed by atoms with E-state index in [2.05, 4.69) is 0 Å². The third kappa shape index (κ3) is 3.73. The first-order valence-electron chi connectivity index (χ1n) is 8.58. The summed E-state index contributed by atoms with van der Waals surface area (Å²) in [5.74, 6) is -0.156. The molecule has 1 aliphatic rings. The van der Waals surface area contributed by atoms with E-state index in [1.165, 1.54) is 23.5 Å². The summed E-state index contributed by atoms with van der Waals surface area (Å²) in [6.07, 6.45) is 1.53. The fourth-order valence-corrected chi connectivity index (χ4v) is 4.25. The molecule has 1 aliphatic heterocycles. The molecule has 26 heavy (non-hydrogen) atoms. The smallest absolute Gasteiger partial charge is 0.264 e. The maximum atomic E-state index is 12.9. The Morgan fingerprint density at radius 2 is 1.73 bits per heavy atom. The van der Waals surface area contributed by atoms with Crippen LogP contribution < -0.4 is 10.0 Å². The van der Waals surface area contributed by atoms with Gasteiger partial charge in [0, 0.05) is 31.7 Å². The number of carbonyl (C=O) groups is 1. The van der Waals surface area contributed by atoms with Crippen LogP contribution >= 0.6 is 0 Å². The standard InChI is InChI=1S/C19H23N3O3S/c1-21(17-7-3-2-4-8-17)26(24,25)18-9-5-6-15(14-18)19(23)22-12-10-16(20)11-13-22/h2-9,14,16H,10-13,20H2,1H3. The number of likely N-dealkylation sites (tertiary alicyclic amines) is 1. The minimum absolute atomic E-state index is 0.100. The van der Waals surface area contributed by atoms with E-state index in [1.54, 1.807) is 41.3 Å². The number of hydrogen-bond acceptors (Lipinski definition) is 4. The molecule has 7 heteroatoms. The highest BCUT2D eigenvalue weighted by molar-refractivity contribution is 7.92. The van der Waals surface area contributed by atoms with Crippen LogP contribution in [0.1, 0.15) is 23.2 Å². The van der Waals surface area contributed by atoms with Gasteiger partial charge in [0.05, 0.1) is 10.6 Å². The summed E-state index contributed by atoms with van der Waals surface area (Å²) in [6, 6.07) is 15.2. The van der Waals surface area contributed by atoms with Gasteiger partial charge in [-0.05, 0) is 43.2 Å². The normalized spacial score (nSPS) is 15.7. The number of anilines is 1. The monoisotopic (exact) mass is 373 g/mol. The Balaban J connectivity index is 1.85. The summed E-state index contributed by atoms with van der Waals surface area (Å²) < 4.78 is 27.0. The molecule has 3 rings (SSSR count). The summed E-state index contributed by atoms with van der Waals surface area (Å²) in [7, 11) is -2.24. The van der Waals surface area contributed by atoms with Crippen LogP contribution in [0.3, 0.4) is 0 Å². The molecule has 0 atom stereocenters. The minimum Gasteiger partial charge on any atom is -0.339 e. The third-order valence-electron chi connectivity index (χ3n) is 4.69.